The molecule has 0 rings (SSSR count). The molecule has 3 unspecified atom stereocenters. The Morgan fingerprint density at radius 3 is 1.74 bits per heavy atom. The second kappa shape index (κ2) is 27.5. The minimum atomic E-state index is -4.56. The lowest BCUT2D eigenvalue weighted by Gasteiger charge is -2.29. The Hall–Kier alpha value is -0.760. The highest BCUT2D eigenvalue weighted by atomic mass is 31.2. The number of phosphoric ester groups is 1. The highest BCUT2D eigenvalue weighted by Gasteiger charge is 2.23. The van der Waals surface area contributed by atoms with Gasteiger partial charge in [-0.15, -0.1) is 0 Å². The highest BCUT2D eigenvalue weighted by Crippen LogP contribution is 2.38. The third kappa shape index (κ3) is 29.7. The van der Waals surface area contributed by atoms with Gasteiger partial charge < -0.3 is 28.8 Å². The van der Waals surface area contributed by atoms with Gasteiger partial charge in [0.05, 0.1) is 39.9 Å². The lowest BCUT2D eigenvalue weighted by atomic mass is 10.0. The maximum atomic E-state index is 12.6. The third-order valence-corrected chi connectivity index (χ3v) is 8.71. The topological polar surface area (TPSA) is 108 Å². The molecule has 9 heteroatoms. The highest BCUT2D eigenvalue weighted by molar-refractivity contribution is 7.45. The molecule has 0 aromatic rings. The van der Waals surface area contributed by atoms with Crippen LogP contribution >= 0.6 is 7.82 Å². The van der Waals surface area contributed by atoms with E-state index in [1.54, 1.807) is 6.08 Å². The average Bonchev–Trinajstić information content (AvgIpc) is 2.94. The number of rotatable bonds is 31. The number of hydrogen-bond donors (Lipinski definition) is 2. The van der Waals surface area contributed by atoms with Gasteiger partial charge in [0.15, 0.2) is 0 Å². The van der Waals surface area contributed by atoms with E-state index in [1.807, 2.05) is 27.2 Å². The molecule has 3 atom stereocenters. The summed E-state index contributed by atoms with van der Waals surface area (Å²) in [5.74, 6) is -0.206. The van der Waals surface area contributed by atoms with Crippen molar-refractivity contribution in [2.24, 2.45) is 0 Å². The molecular weight excluding hydrogens is 563 g/mol. The first-order chi connectivity index (χ1) is 20.5. The molecule has 8 nitrogen and oxygen atoms in total. The number of amides is 1. The molecule has 0 saturated carbocycles. The number of likely N-dealkylation sites (N-methyl/N-ethyl adjacent to an activating group) is 1. The van der Waals surface area contributed by atoms with Crippen molar-refractivity contribution in [1.82, 2.24) is 5.32 Å². The number of unbranched alkanes of at least 4 members (excludes halogenated alkanes) is 18. The van der Waals surface area contributed by atoms with Crippen LogP contribution in [-0.4, -0.2) is 68.5 Å². The fraction of sp³-hybridized carbons (Fsp3) is 0.912. The number of hydrogen-bond acceptors (Lipinski definition) is 6. The monoisotopic (exact) mass is 632 g/mol. The Kier molecular flexibility index (Phi) is 27.1. The minimum Gasteiger partial charge on any atom is -0.756 e. The summed E-state index contributed by atoms with van der Waals surface area (Å²) in [5, 5.41) is 13.6. The second-order valence-corrected chi connectivity index (χ2v) is 14.6. The van der Waals surface area contributed by atoms with Gasteiger partial charge in [0.2, 0.25) is 5.91 Å². The number of aliphatic hydroxyl groups excluding tert-OH is 1. The molecule has 0 aromatic carbocycles. The minimum absolute atomic E-state index is 0.00105. The van der Waals surface area contributed by atoms with Gasteiger partial charge in [-0.3, -0.25) is 9.36 Å². The molecule has 0 saturated heterocycles. The first-order valence-electron chi connectivity index (χ1n) is 17.6. The number of nitrogens with zero attached hydrogens (tertiary/aromatic N) is 1. The van der Waals surface area contributed by atoms with Crippen LogP contribution < -0.4 is 10.2 Å². The standard InChI is InChI=1S/C34H69N2O6P/c1-6-8-10-12-14-15-16-17-18-19-20-22-23-25-27-33(37)32(31-42-43(39,40)41-30-29-36(3,4)5)35-34(38)28-26-24-21-13-11-9-7-2/h25,27,32-33,37H,6-24,26,28-31H2,1-5H3,(H-,35,38,39,40)/b27-25+. The summed E-state index contributed by atoms with van der Waals surface area (Å²) < 4.78 is 23.0. The van der Waals surface area contributed by atoms with Crippen molar-refractivity contribution >= 4 is 13.7 Å². The summed E-state index contributed by atoms with van der Waals surface area (Å²) in [7, 11) is 1.26. The maximum Gasteiger partial charge on any atom is 0.268 e. The second-order valence-electron chi connectivity index (χ2n) is 13.2. The van der Waals surface area contributed by atoms with Gasteiger partial charge >= 0.3 is 0 Å². The summed E-state index contributed by atoms with van der Waals surface area (Å²) in [6.07, 6.45) is 26.9. The fourth-order valence-electron chi connectivity index (χ4n) is 4.86. The molecule has 2 N–H and O–H groups in total. The number of phosphoric acid groups is 1. The van der Waals surface area contributed by atoms with Crippen molar-refractivity contribution in [2.45, 2.75) is 161 Å². The SMILES string of the molecule is CCCCCCCCCCCCCC/C=C/C(O)C(COP(=O)([O-])OCC[N+](C)(C)C)NC(=O)CCCCCCCCC. The van der Waals surface area contributed by atoms with E-state index in [4.69, 9.17) is 9.05 Å². The summed E-state index contributed by atoms with van der Waals surface area (Å²) >= 11 is 0. The molecule has 43 heavy (non-hydrogen) atoms. The van der Waals surface area contributed by atoms with Gasteiger partial charge in [0.1, 0.15) is 13.2 Å². The van der Waals surface area contributed by atoms with E-state index < -0.39 is 20.0 Å². The van der Waals surface area contributed by atoms with Crippen molar-refractivity contribution in [3.05, 3.63) is 12.2 Å². The lowest BCUT2D eigenvalue weighted by molar-refractivity contribution is -0.870. The molecule has 1 amide bonds. The molecule has 0 fully saturated rings. The summed E-state index contributed by atoms with van der Waals surface area (Å²) in [6.45, 7) is 4.57. The van der Waals surface area contributed by atoms with Crippen LogP contribution in [0.5, 0.6) is 0 Å². The summed E-state index contributed by atoms with van der Waals surface area (Å²) in [6, 6.07) is -0.875. The molecule has 0 aliphatic heterocycles. The average molecular weight is 633 g/mol. The van der Waals surface area contributed by atoms with E-state index in [0.29, 0.717) is 17.4 Å². The van der Waals surface area contributed by atoms with E-state index in [0.717, 1.165) is 38.5 Å². The largest absolute Gasteiger partial charge is 0.756 e. The van der Waals surface area contributed by atoms with Crippen LogP contribution in [0.4, 0.5) is 0 Å². The van der Waals surface area contributed by atoms with E-state index >= 15 is 0 Å². The zero-order valence-corrected chi connectivity index (χ0v) is 29.6. The Balaban J connectivity index is 4.54. The molecule has 0 aliphatic rings. The first kappa shape index (κ1) is 42.2. The van der Waals surface area contributed by atoms with Crippen molar-refractivity contribution in [3.63, 3.8) is 0 Å². The number of nitrogens with one attached hydrogen (secondary N) is 1. The zero-order valence-electron chi connectivity index (χ0n) is 28.7. The van der Waals surface area contributed by atoms with E-state index in [1.165, 1.54) is 89.9 Å². The van der Waals surface area contributed by atoms with Crippen LogP contribution in [0.15, 0.2) is 12.2 Å². The normalized spacial score (nSPS) is 15.0. The Bertz CT molecular complexity index is 728. The molecule has 0 radical (unpaired) electrons. The van der Waals surface area contributed by atoms with Crippen LogP contribution in [0.1, 0.15) is 149 Å². The van der Waals surface area contributed by atoms with Crippen LogP contribution in [0.3, 0.4) is 0 Å². The summed E-state index contributed by atoms with van der Waals surface area (Å²) in [4.78, 5) is 24.9. The third-order valence-electron chi connectivity index (χ3n) is 7.75. The van der Waals surface area contributed by atoms with E-state index in [2.05, 4.69) is 19.2 Å². The predicted octanol–water partition coefficient (Wildman–Crippen LogP) is 7.83. The number of carbonyl (C=O) groups excluding carboxylic acids is 1. The molecule has 0 aromatic heterocycles. The Morgan fingerprint density at radius 1 is 0.791 bits per heavy atom. The van der Waals surface area contributed by atoms with Crippen LogP contribution in [0, 0.1) is 0 Å². The Morgan fingerprint density at radius 2 is 1.26 bits per heavy atom. The quantitative estimate of drug-likeness (QED) is 0.0349. The van der Waals surface area contributed by atoms with Crippen molar-refractivity contribution < 1.29 is 32.9 Å². The van der Waals surface area contributed by atoms with E-state index in [9.17, 15) is 19.4 Å². The van der Waals surface area contributed by atoms with Gasteiger partial charge in [0.25, 0.3) is 7.82 Å². The number of allylic oxidation sites excluding steroid dienone is 1. The molecule has 0 aliphatic carbocycles. The fourth-order valence-corrected chi connectivity index (χ4v) is 5.58. The van der Waals surface area contributed by atoms with Gasteiger partial charge in [-0.2, -0.15) is 0 Å². The van der Waals surface area contributed by atoms with Gasteiger partial charge in [-0.05, 0) is 19.3 Å². The van der Waals surface area contributed by atoms with Crippen molar-refractivity contribution in [3.8, 4) is 0 Å². The van der Waals surface area contributed by atoms with Gasteiger partial charge in [-0.25, -0.2) is 0 Å². The van der Waals surface area contributed by atoms with Gasteiger partial charge in [-0.1, -0.05) is 135 Å². The van der Waals surface area contributed by atoms with Crippen LogP contribution in [0.2, 0.25) is 0 Å². The molecule has 0 spiro atoms. The molecular formula is C34H69N2O6P. The van der Waals surface area contributed by atoms with Crippen LogP contribution in [-0.2, 0) is 18.4 Å². The number of aliphatic hydroxyl groups is 1. The first-order valence-corrected chi connectivity index (χ1v) is 19.0. The maximum absolute atomic E-state index is 12.6. The molecule has 0 bridgehead atoms. The lowest BCUT2D eigenvalue weighted by Crippen LogP contribution is -2.45. The smallest absolute Gasteiger partial charge is 0.268 e. The number of carbonyl (C=O) groups is 1. The zero-order chi connectivity index (χ0) is 32.2. The van der Waals surface area contributed by atoms with Crippen molar-refractivity contribution in [1.29, 1.82) is 0 Å². The van der Waals surface area contributed by atoms with Crippen molar-refractivity contribution in [2.75, 3.05) is 40.9 Å². The number of quaternary nitrogens is 1. The predicted molar refractivity (Wildman–Crippen MR) is 178 cm³/mol. The summed E-state index contributed by atoms with van der Waals surface area (Å²) in [5.41, 5.74) is 0. The van der Waals surface area contributed by atoms with E-state index in [-0.39, 0.29) is 19.1 Å². The molecule has 256 valence electrons. The molecule has 0 heterocycles. The Labute approximate surface area is 265 Å². The van der Waals surface area contributed by atoms with Crippen LogP contribution in [0.25, 0.3) is 0 Å². The van der Waals surface area contributed by atoms with Gasteiger partial charge in [0, 0.05) is 6.42 Å².